The number of fused-ring (bicyclic) bond motifs is 2. The fourth-order valence-corrected chi connectivity index (χ4v) is 3.54. The van der Waals surface area contributed by atoms with Crippen LogP contribution in [0.5, 0.6) is 23.0 Å². The van der Waals surface area contributed by atoms with Gasteiger partial charge in [0.05, 0.1) is 19.6 Å². The molecule has 0 bridgehead atoms. The number of cyclic esters (lactones) is 1. The molecule has 0 amide bonds. The standard InChI is InChI=1S/C20H18O7/c21-19-7-14(9-22-8-12-1-3-15-17(5-12)25-10-23-15)20(27-19)13-2-4-16-18(6-13)26-11-24-16/h1-6,14,20H,7-11H2/t14-,20-/m1/s1. The van der Waals surface area contributed by atoms with Crippen molar-refractivity contribution in [3.8, 4) is 23.0 Å². The monoisotopic (exact) mass is 370 g/mol. The molecule has 5 rings (SSSR count). The maximum atomic E-state index is 11.9. The van der Waals surface area contributed by atoms with Gasteiger partial charge in [-0.2, -0.15) is 0 Å². The molecule has 0 unspecified atom stereocenters. The summed E-state index contributed by atoms with van der Waals surface area (Å²) in [6.07, 6.45) is -0.0102. The summed E-state index contributed by atoms with van der Waals surface area (Å²) in [6.45, 7) is 1.30. The Morgan fingerprint density at radius 2 is 1.59 bits per heavy atom. The lowest BCUT2D eigenvalue weighted by Crippen LogP contribution is -2.14. The quantitative estimate of drug-likeness (QED) is 0.749. The first-order chi connectivity index (χ1) is 13.3. The van der Waals surface area contributed by atoms with E-state index in [-0.39, 0.29) is 31.6 Å². The highest BCUT2D eigenvalue weighted by Crippen LogP contribution is 2.41. The minimum Gasteiger partial charge on any atom is -0.457 e. The summed E-state index contributed by atoms with van der Waals surface area (Å²) in [5.41, 5.74) is 1.88. The minimum absolute atomic E-state index is 0.0492. The van der Waals surface area contributed by atoms with Gasteiger partial charge in [-0.15, -0.1) is 0 Å². The predicted octanol–water partition coefficient (Wildman–Crippen LogP) is 2.97. The van der Waals surface area contributed by atoms with Crippen molar-refractivity contribution in [3.05, 3.63) is 47.5 Å². The summed E-state index contributed by atoms with van der Waals surface area (Å²) in [5, 5.41) is 0. The number of hydrogen-bond acceptors (Lipinski definition) is 7. The van der Waals surface area contributed by atoms with E-state index >= 15 is 0 Å². The van der Waals surface area contributed by atoms with Crippen molar-refractivity contribution >= 4 is 5.97 Å². The molecule has 2 aromatic rings. The summed E-state index contributed by atoms with van der Waals surface area (Å²) in [4.78, 5) is 11.9. The van der Waals surface area contributed by atoms with Crippen LogP contribution in [0.15, 0.2) is 36.4 Å². The first kappa shape index (κ1) is 16.3. The van der Waals surface area contributed by atoms with Gasteiger partial charge >= 0.3 is 5.97 Å². The van der Waals surface area contributed by atoms with Crippen LogP contribution in [0.4, 0.5) is 0 Å². The Labute approximate surface area is 155 Å². The van der Waals surface area contributed by atoms with Gasteiger partial charge in [0, 0.05) is 5.92 Å². The fraction of sp³-hybridized carbons (Fsp3) is 0.350. The third-order valence-corrected chi connectivity index (χ3v) is 4.88. The van der Waals surface area contributed by atoms with Gasteiger partial charge in [0.25, 0.3) is 0 Å². The Morgan fingerprint density at radius 1 is 0.889 bits per heavy atom. The van der Waals surface area contributed by atoms with Gasteiger partial charge in [-0.1, -0.05) is 12.1 Å². The number of rotatable bonds is 5. The van der Waals surface area contributed by atoms with Crippen LogP contribution in [0.2, 0.25) is 0 Å². The third-order valence-electron chi connectivity index (χ3n) is 4.88. The molecule has 3 aliphatic heterocycles. The van der Waals surface area contributed by atoms with Crippen molar-refractivity contribution in [2.24, 2.45) is 5.92 Å². The Balaban J connectivity index is 1.24. The average molecular weight is 370 g/mol. The average Bonchev–Trinajstić information content (AvgIpc) is 3.39. The molecule has 140 valence electrons. The van der Waals surface area contributed by atoms with Gasteiger partial charge in [0.2, 0.25) is 13.6 Å². The molecule has 7 nitrogen and oxygen atoms in total. The number of benzene rings is 2. The first-order valence-corrected chi connectivity index (χ1v) is 8.81. The van der Waals surface area contributed by atoms with Crippen molar-refractivity contribution in [1.29, 1.82) is 0 Å². The largest absolute Gasteiger partial charge is 0.457 e. The molecule has 0 aliphatic carbocycles. The Bertz CT molecular complexity index is 879. The lowest BCUT2D eigenvalue weighted by atomic mass is 9.95. The zero-order valence-corrected chi connectivity index (χ0v) is 14.5. The van der Waals surface area contributed by atoms with Crippen LogP contribution < -0.4 is 18.9 Å². The van der Waals surface area contributed by atoms with Crippen LogP contribution in [0, 0.1) is 5.92 Å². The number of esters is 1. The molecule has 0 N–H and O–H groups in total. The van der Waals surface area contributed by atoms with E-state index < -0.39 is 0 Å². The number of carbonyl (C=O) groups is 1. The zero-order valence-electron chi connectivity index (χ0n) is 14.5. The van der Waals surface area contributed by atoms with Gasteiger partial charge < -0.3 is 28.4 Å². The first-order valence-electron chi connectivity index (χ1n) is 8.81. The molecule has 3 heterocycles. The predicted molar refractivity (Wildman–Crippen MR) is 91.7 cm³/mol. The van der Waals surface area contributed by atoms with E-state index in [1.165, 1.54) is 0 Å². The van der Waals surface area contributed by atoms with E-state index in [4.69, 9.17) is 28.4 Å². The van der Waals surface area contributed by atoms with Crippen molar-refractivity contribution in [2.75, 3.05) is 20.2 Å². The maximum absolute atomic E-state index is 11.9. The molecule has 0 aromatic heterocycles. The van der Waals surface area contributed by atoms with Gasteiger partial charge in [0.1, 0.15) is 6.10 Å². The second-order valence-electron chi connectivity index (χ2n) is 6.69. The lowest BCUT2D eigenvalue weighted by molar-refractivity contribution is -0.141. The zero-order chi connectivity index (χ0) is 18.2. The van der Waals surface area contributed by atoms with Gasteiger partial charge in [0.15, 0.2) is 23.0 Å². The molecule has 7 heteroatoms. The summed E-state index contributed by atoms with van der Waals surface area (Å²) in [5.74, 6) is 2.60. The fourth-order valence-electron chi connectivity index (χ4n) is 3.54. The van der Waals surface area contributed by atoms with Crippen molar-refractivity contribution < 1.29 is 33.2 Å². The van der Waals surface area contributed by atoms with Gasteiger partial charge in [-0.25, -0.2) is 0 Å². The van der Waals surface area contributed by atoms with Crippen LogP contribution in [-0.4, -0.2) is 26.2 Å². The molecule has 1 saturated heterocycles. The normalized spacial score (nSPS) is 22.1. The van der Waals surface area contributed by atoms with Crippen LogP contribution in [-0.2, 0) is 20.9 Å². The highest BCUT2D eigenvalue weighted by molar-refractivity contribution is 5.72. The van der Waals surface area contributed by atoms with E-state index in [9.17, 15) is 4.79 Å². The molecular weight excluding hydrogens is 352 g/mol. The number of hydrogen-bond donors (Lipinski definition) is 0. The summed E-state index contributed by atoms with van der Waals surface area (Å²) < 4.78 is 32.8. The molecule has 27 heavy (non-hydrogen) atoms. The molecule has 2 atom stereocenters. The highest BCUT2D eigenvalue weighted by atomic mass is 16.7. The number of ether oxygens (including phenoxy) is 6. The van der Waals surface area contributed by atoms with Crippen LogP contribution in [0.25, 0.3) is 0 Å². The lowest BCUT2D eigenvalue weighted by Gasteiger charge is -2.18. The minimum atomic E-state index is -0.344. The second kappa shape index (κ2) is 6.66. The Morgan fingerprint density at radius 3 is 2.41 bits per heavy atom. The van der Waals surface area contributed by atoms with E-state index in [1.54, 1.807) is 0 Å². The molecule has 0 saturated carbocycles. The van der Waals surface area contributed by atoms with Crippen molar-refractivity contribution in [1.82, 2.24) is 0 Å². The molecule has 0 spiro atoms. The van der Waals surface area contributed by atoms with E-state index in [0.29, 0.717) is 31.1 Å². The second-order valence-corrected chi connectivity index (χ2v) is 6.69. The summed E-state index contributed by atoms with van der Waals surface area (Å²) in [6, 6.07) is 11.3. The molecular formula is C20H18O7. The van der Waals surface area contributed by atoms with E-state index in [2.05, 4.69) is 0 Å². The SMILES string of the molecule is O=C1C[C@H](COCc2ccc3c(c2)OCO3)[C@@H](c2ccc3c(c2)OCO3)O1. The van der Waals surface area contributed by atoms with Crippen LogP contribution in [0.1, 0.15) is 23.7 Å². The molecule has 0 radical (unpaired) electrons. The number of carbonyl (C=O) groups excluding carboxylic acids is 1. The van der Waals surface area contributed by atoms with Gasteiger partial charge in [-0.3, -0.25) is 4.79 Å². The molecule has 3 aliphatic rings. The van der Waals surface area contributed by atoms with Gasteiger partial charge in [-0.05, 0) is 35.4 Å². The smallest absolute Gasteiger partial charge is 0.306 e. The molecule has 1 fully saturated rings. The highest BCUT2D eigenvalue weighted by Gasteiger charge is 2.36. The topological polar surface area (TPSA) is 72.5 Å². The summed E-state index contributed by atoms with van der Waals surface area (Å²) in [7, 11) is 0. The third kappa shape index (κ3) is 3.14. The molecule has 2 aromatic carbocycles. The van der Waals surface area contributed by atoms with Crippen LogP contribution in [0.3, 0.4) is 0 Å². The van der Waals surface area contributed by atoms with E-state index in [0.717, 1.165) is 22.6 Å². The summed E-state index contributed by atoms with van der Waals surface area (Å²) >= 11 is 0. The van der Waals surface area contributed by atoms with Crippen LogP contribution >= 0.6 is 0 Å². The Kier molecular flexibility index (Phi) is 4.01. The van der Waals surface area contributed by atoms with E-state index in [1.807, 2.05) is 36.4 Å². The van der Waals surface area contributed by atoms with Crippen molar-refractivity contribution in [2.45, 2.75) is 19.1 Å². The van der Waals surface area contributed by atoms with Crippen molar-refractivity contribution in [3.63, 3.8) is 0 Å². The Hall–Kier alpha value is -2.93. The maximum Gasteiger partial charge on any atom is 0.306 e.